The average Bonchev–Trinajstić information content (AvgIpc) is 2.09. The number of rotatable bonds is 6. The lowest BCUT2D eigenvalue weighted by Gasteiger charge is -2.06. The lowest BCUT2D eigenvalue weighted by molar-refractivity contribution is -0.117. The molecule has 0 saturated heterocycles. The van der Waals surface area contributed by atoms with Gasteiger partial charge in [0.25, 0.3) is 0 Å². The number of carbonyl (C=O) groups is 2. The van der Waals surface area contributed by atoms with Gasteiger partial charge < -0.3 is 4.90 Å². The van der Waals surface area contributed by atoms with E-state index in [0.29, 0.717) is 12.7 Å². The van der Waals surface area contributed by atoms with Crippen LogP contribution < -0.4 is 0 Å². The van der Waals surface area contributed by atoms with Gasteiger partial charge in [0.2, 0.25) is 0 Å². The SMILES string of the molecule is CCCCC(=O)/C(C=O)=C\N(C)C. The Morgan fingerprint density at radius 3 is 2.38 bits per heavy atom. The fraction of sp³-hybridized carbons (Fsp3) is 0.600. The summed E-state index contributed by atoms with van der Waals surface area (Å²) in [7, 11) is 3.58. The first-order chi connectivity index (χ1) is 6.11. The molecule has 0 unspecified atom stereocenters. The Hall–Kier alpha value is -1.12. The number of allylic oxidation sites excluding steroid dienone is 1. The summed E-state index contributed by atoms with van der Waals surface area (Å²) in [5.74, 6) is -0.0643. The van der Waals surface area contributed by atoms with Gasteiger partial charge in [-0.3, -0.25) is 9.59 Å². The molecule has 3 nitrogen and oxygen atoms in total. The molecule has 74 valence electrons. The standard InChI is InChI=1S/C10H17NO2/c1-4-5-6-10(13)9(8-12)7-11(2)3/h7-8H,4-6H2,1-3H3/b9-7-. The highest BCUT2D eigenvalue weighted by Crippen LogP contribution is 2.02. The molecule has 0 rings (SSSR count). The van der Waals surface area contributed by atoms with E-state index in [1.807, 2.05) is 6.92 Å². The Kier molecular flexibility index (Phi) is 5.85. The van der Waals surface area contributed by atoms with Gasteiger partial charge in [-0.1, -0.05) is 13.3 Å². The van der Waals surface area contributed by atoms with Crippen LogP contribution in [0.3, 0.4) is 0 Å². The summed E-state index contributed by atoms with van der Waals surface area (Å²) in [5, 5.41) is 0. The molecule has 3 heteroatoms. The van der Waals surface area contributed by atoms with Crippen molar-refractivity contribution in [3.05, 3.63) is 11.8 Å². The average molecular weight is 183 g/mol. The molecular weight excluding hydrogens is 166 g/mol. The summed E-state index contributed by atoms with van der Waals surface area (Å²) >= 11 is 0. The van der Waals surface area contributed by atoms with Gasteiger partial charge in [-0.2, -0.15) is 0 Å². The van der Waals surface area contributed by atoms with E-state index in [1.54, 1.807) is 25.2 Å². The van der Waals surface area contributed by atoms with Crippen LogP contribution in [-0.4, -0.2) is 31.1 Å². The zero-order valence-corrected chi connectivity index (χ0v) is 8.54. The lowest BCUT2D eigenvalue weighted by atomic mass is 10.1. The summed E-state index contributed by atoms with van der Waals surface area (Å²) in [6.07, 6.45) is 4.47. The minimum absolute atomic E-state index is 0.0643. The van der Waals surface area contributed by atoms with E-state index < -0.39 is 0 Å². The van der Waals surface area contributed by atoms with Crippen molar-refractivity contribution in [1.29, 1.82) is 0 Å². The third-order valence-corrected chi connectivity index (χ3v) is 1.60. The van der Waals surface area contributed by atoms with Crippen LogP contribution >= 0.6 is 0 Å². The number of Topliss-reactive ketones (excluding diaryl/α,β-unsaturated/α-hetero) is 1. The van der Waals surface area contributed by atoms with E-state index in [0.717, 1.165) is 12.8 Å². The summed E-state index contributed by atoms with van der Waals surface area (Å²) in [4.78, 5) is 23.6. The van der Waals surface area contributed by atoms with E-state index in [1.165, 1.54) is 0 Å². The maximum atomic E-state index is 11.3. The van der Waals surface area contributed by atoms with Gasteiger partial charge in [-0.25, -0.2) is 0 Å². The number of carbonyl (C=O) groups excluding carboxylic acids is 2. The molecule has 0 radical (unpaired) electrons. The van der Waals surface area contributed by atoms with E-state index in [9.17, 15) is 9.59 Å². The highest BCUT2D eigenvalue weighted by atomic mass is 16.1. The first-order valence-corrected chi connectivity index (χ1v) is 4.48. The van der Waals surface area contributed by atoms with E-state index in [4.69, 9.17) is 0 Å². The highest BCUT2D eigenvalue weighted by molar-refractivity contribution is 6.11. The van der Waals surface area contributed by atoms with Crippen LogP contribution in [0.4, 0.5) is 0 Å². The molecule has 0 N–H and O–H groups in total. The zero-order valence-electron chi connectivity index (χ0n) is 8.54. The summed E-state index contributed by atoms with van der Waals surface area (Å²) < 4.78 is 0. The number of unbranched alkanes of at least 4 members (excludes halogenated alkanes) is 1. The third-order valence-electron chi connectivity index (χ3n) is 1.60. The molecule has 0 amide bonds. The highest BCUT2D eigenvalue weighted by Gasteiger charge is 2.07. The number of aldehydes is 1. The maximum Gasteiger partial charge on any atom is 0.167 e. The Bertz CT molecular complexity index is 207. The third kappa shape index (κ3) is 5.17. The molecular formula is C10H17NO2. The fourth-order valence-corrected chi connectivity index (χ4v) is 0.928. The summed E-state index contributed by atoms with van der Waals surface area (Å²) in [6.45, 7) is 2.02. The molecule has 0 spiro atoms. The Morgan fingerprint density at radius 2 is 2.00 bits per heavy atom. The van der Waals surface area contributed by atoms with Crippen molar-refractivity contribution in [3.63, 3.8) is 0 Å². The van der Waals surface area contributed by atoms with Crippen molar-refractivity contribution < 1.29 is 9.59 Å². The molecule has 0 aliphatic heterocycles. The number of hydrogen-bond acceptors (Lipinski definition) is 3. The first kappa shape index (κ1) is 11.9. The second-order valence-corrected chi connectivity index (χ2v) is 3.19. The van der Waals surface area contributed by atoms with Crippen LogP contribution in [0.25, 0.3) is 0 Å². The van der Waals surface area contributed by atoms with Crippen molar-refractivity contribution in [3.8, 4) is 0 Å². The Morgan fingerprint density at radius 1 is 1.38 bits per heavy atom. The molecule has 13 heavy (non-hydrogen) atoms. The quantitative estimate of drug-likeness (QED) is 0.270. The van der Waals surface area contributed by atoms with E-state index >= 15 is 0 Å². The van der Waals surface area contributed by atoms with Crippen LogP contribution in [0.2, 0.25) is 0 Å². The lowest BCUT2D eigenvalue weighted by Crippen LogP contribution is -2.10. The number of ketones is 1. The predicted molar refractivity (Wildman–Crippen MR) is 52.4 cm³/mol. The van der Waals surface area contributed by atoms with Crippen molar-refractivity contribution in [2.75, 3.05) is 14.1 Å². The molecule has 0 bridgehead atoms. The largest absolute Gasteiger partial charge is 0.383 e. The molecule has 0 aromatic carbocycles. The van der Waals surface area contributed by atoms with Crippen molar-refractivity contribution in [1.82, 2.24) is 4.90 Å². The van der Waals surface area contributed by atoms with Crippen LogP contribution in [0.1, 0.15) is 26.2 Å². The monoisotopic (exact) mass is 183 g/mol. The topological polar surface area (TPSA) is 37.4 Å². The molecule has 0 heterocycles. The first-order valence-electron chi connectivity index (χ1n) is 4.48. The normalized spacial score (nSPS) is 11.2. The van der Waals surface area contributed by atoms with Crippen molar-refractivity contribution in [2.45, 2.75) is 26.2 Å². The van der Waals surface area contributed by atoms with Gasteiger partial charge in [0.1, 0.15) is 0 Å². The molecule has 0 atom stereocenters. The predicted octanol–water partition coefficient (Wildman–Crippen LogP) is 1.39. The van der Waals surface area contributed by atoms with Gasteiger partial charge in [-0.15, -0.1) is 0 Å². The maximum absolute atomic E-state index is 11.3. The van der Waals surface area contributed by atoms with Crippen molar-refractivity contribution >= 4 is 12.1 Å². The number of hydrogen-bond donors (Lipinski definition) is 0. The van der Waals surface area contributed by atoms with Gasteiger partial charge in [0, 0.05) is 26.7 Å². The smallest absolute Gasteiger partial charge is 0.167 e. The van der Waals surface area contributed by atoms with Crippen LogP contribution in [0.15, 0.2) is 11.8 Å². The zero-order chi connectivity index (χ0) is 10.3. The Labute approximate surface area is 79.4 Å². The second-order valence-electron chi connectivity index (χ2n) is 3.19. The number of nitrogens with zero attached hydrogens (tertiary/aromatic N) is 1. The van der Waals surface area contributed by atoms with Crippen LogP contribution in [0, 0.1) is 0 Å². The molecule has 0 saturated carbocycles. The molecule has 0 aliphatic rings. The Balaban J connectivity index is 4.23. The van der Waals surface area contributed by atoms with E-state index in [2.05, 4.69) is 0 Å². The molecule has 0 aliphatic carbocycles. The fourth-order valence-electron chi connectivity index (χ4n) is 0.928. The summed E-state index contributed by atoms with van der Waals surface area (Å²) in [5.41, 5.74) is 0.262. The van der Waals surface area contributed by atoms with Gasteiger partial charge in [-0.05, 0) is 6.42 Å². The van der Waals surface area contributed by atoms with Crippen LogP contribution in [-0.2, 0) is 9.59 Å². The van der Waals surface area contributed by atoms with Crippen LogP contribution in [0.5, 0.6) is 0 Å². The summed E-state index contributed by atoms with van der Waals surface area (Å²) in [6, 6.07) is 0. The molecule has 0 fully saturated rings. The van der Waals surface area contributed by atoms with Crippen molar-refractivity contribution in [2.24, 2.45) is 0 Å². The minimum atomic E-state index is -0.0643. The second kappa shape index (κ2) is 6.40. The van der Waals surface area contributed by atoms with E-state index in [-0.39, 0.29) is 11.4 Å². The van der Waals surface area contributed by atoms with Gasteiger partial charge in [0.05, 0.1) is 5.57 Å². The molecule has 0 aromatic rings. The van der Waals surface area contributed by atoms with Gasteiger partial charge >= 0.3 is 0 Å². The van der Waals surface area contributed by atoms with Gasteiger partial charge in [0.15, 0.2) is 12.1 Å². The minimum Gasteiger partial charge on any atom is -0.383 e. The molecule has 0 aromatic heterocycles.